The highest BCUT2D eigenvalue weighted by atomic mass is 16.3. The summed E-state index contributed by atoms with van der Waals surface area (Å²) in [6.07, 6.45) is 4.25. The van der Waals surface area contributed by atoms with E-state index >= 15 is 0 Å². The summed E-state index contributed by atoms with van der Waals surface area (Å²) in [4.78, 5) is 41.3. The lowest BCUT2D eigenvalue weighted by molar-refractivity contribution is -0.122. The number of unbranched alkanes of at least 4 members (excludes halogenated alkanes) is 2. The first-order valence-corrected chi connectivity index (χ1v) is 10.7. The molecule has 0 aliphatic heterocycles. The van der Waals surface area contributed by atoms with Crippen LogP contribution in [-0.2, 0) is 9.59 Å². The van der Waals surface area contributed by atoms with E-state index in [-0.39, 0.29) is 17.6 Å². The molecule has 3 aromatic rings. The molecule has 0 fully saturated rings. The van der Waals surface area contributed by atoms with Crippen LogP contribution in [-0.4, -0.2) is 40.3 Å². The number of hydrogen-bond donors (Lipinski definition) is 3. The highest BCUT2D eigenvalue weighted by molar-refractivity contribution is 6.02. The van der Waals surface area contributed by atoms with E-state index in [0.29, 0.717) is 43.4 Å². The van der Waals surface area contributed by atoms with E-state index < -0.39 is 12.6 Å². The molecular weight excluding hydrogens is 406 g/mol. The topological polar surface area (TPSA) is 108 Å². The number of anilines is 1. The number of nitrogens with one attached hydrogen (secondary N) is 2. The third-order valence-corrected chi connectivity index (χ3v) is 5.14. The van der Waals surface area contributed by atoms with Gasteiger partial charge in [-0.1, -0.05) is 49.2 Å². The molecule has 0 unspecified atom stereocenters. The lowest BCUT2D eigenvalue weighted by Crippen LogP contribution is -2.43. The van der Waals surface area contributed by atoms with Crippen molar-refractivity contribution in [3.8, 4) is 0 Å². The highest BCUT2D eigenvalue weighted by Crippen LogP contribution is 2.14. The second kappa shape index (κ2) is 11.7. The summed E-state index contributed by atoms with van der Waals surface area (Å²) in [6, 6.07) is 17.6. The van der Waals surface area contributed by atoms with E-state index in [1.807, 2.05) is 42.5 Å². The van der Waals surface area contributed by atoms with Gasteiger partial charge in [0.05, 0.1) is 11.1 Å². The normalized spacial score (nSPS) is 11.7. The monoisotopic (exact) mass is 433 g/mol. The molecule has 7 heteroatoms. The first kappa shape index (κ1) is 23.1. The van der Waals surface area contributed by atoms with Gasteiger partial charge in [0, 0.05) is 23.7 Å². The molecule has 166 valence electrons. The van der Waals surface area contributed by atoms with Gasteiger partial charge in [0.2, 0.25) is 5.91 Å². The molecule has 0 aliphatic carbocycles. The van der Waals surface area contributed by atoms with Crippen LogP contribution in [0, 0.1) is 0 Å². The summed E-state index contributed by atoms with van der Waals surface area (Å²) >= 11 is 0. The molecule has 0 radical (unpaired) electrons. The maximum Gasteiger partial charge on any atom is 0.253 e. The van der Waals surface area contributed by atoms with Crippen LogP contribution in [0.4, 0.5) is 5.69 Å². The number of benzene rings is 2. The van der Waals surface area contributed by atoms with Crippen LogP contribution in [0.25, 0.3) is 10.9 Å². The molecular formula is C25H27N3O4. The molecule has 1 aromatic heterocycles. The van der Waals surface area contributed by atoms with Gasteiger partial charge in [-0.2, -0.15) is 0 Å². The van der Waals surface area contributed by atoms with Crippen LogP contribution >= 0.6 is 0 Å². The SMILES string of the molecule is O=C(CO)CCCCC[C@H](NC(=O)c1cnc2ccccc2c1)C(=O)Nc1ccccc1. The molecule has 0 saturated heterocycles. The predicted octanol–water partition coefficient (Wildman–Crippen LogP) is 3.48. The van der Waals surface area contributed by atoms with Gasteiger partial charge in [-0.25, -0.2) is 0 Å². The highest BCUT2D eigenvalue weighted by Gasteiger charge is 2.22. The second-order valence-electron chi connectivity index (χ2n) is 7.59. The zero-order valence-electron chi connectivity index (χ0n) is 17.8. The number of nitrogens with zero attached hydrogens (tertiary/aromatic N) is 1. The molecule has 0 bridgehead atoms. The first-order chi connectivity index (χ1) is 15.6. The van der Waals surface area contributed by atoms with Crippen LogP contribution in [0.15, 0.2) is 66.9 Å². The zero-order chi connectivity index (χ0) is 22.8. The third kappa shape index (κ3) is 6.72. The number of Topliss-reactive ketones (excluding diaryl/α,β-unsaturated/α-hetero) is 1. The quantitative estimate of drug-likeness (QED) is 0.401. The van der Waals surface area contributed by atoms with Crippen LogP contribution in [0.2, 0.25) is 0 Å². The van der Waals surface area contributed by atoms with E-state index in [1.54, 1.807) is 18.2 Å². The zero-order valence-corrected chi connectivity index (χ0v) is 17.8. The Morgan fingerprint density at radius 1 is 0.938 bits per heavy atom. The van der Waals surface area contributed by atoms with Gasteiger partial charge < -0.3 is 15.7 Å². The Morgan fingerprint density at radius 3 is 2.47 bits per heavy atom. The Morgan fingerprint density at radius 2 is 1.69 bits per heavy atom. The Labute approximate surface area is 186 Å². The fourth-order valence-electron chi connectivity index (χ4n) is 3.38. The molecule has 3 N–H and O–H groups in total. The van der Waals surface area contributed by atoms with Crippen LogP contribution in [0.5, 0.6) is 0 Å². The summed E-state index contributed by atoms with van der Waals surface area (Å²) in [7, 11) is 0. The van der Waals surface area contributed by atoms with Crippen LogP contribution < -0.4 is 10.6 Å². The van der Waals surface area contributed by atoms with Gasteiger partial charge in [-0.05, 0) is 37.1 Å². The smallest absolute Gasteiger partial charge is 0.253 e. The summed E-state index contributed by atoms with van der Waals surface area (Å²) in [5.74, 6) is -0.864. The number of aliphatic hydroxyl groups is 1. The fourth-order valence-corrected chi connectivity index (χ4v) is 3.38. The molecule has 0 spiro atoms. The van der Waals surface area contributed by atoms with Gasteiger partial charge in [0.25, 0.3) is 5.91 Å². The van der Waals surface area contributed by atoms with E-state index in [1.165, 1.54) is 6.20 Å². The van der Waals surface area contributed by atoms with Crippen molar-refractivity contribution < 1.29 is 19.5 Å². The van der Waals surface area contributed by atoms with Crippen molar-refractivity contribution in [3.63, 3.8) is 0 Å². The minimum Gasteiger partial charge on any atom is -0.389 e. The molecule has 32 heavy (non-hydrogen) atoms. The van der Waals surface area contributed by atoms with E-state index in [9.17, 15) is 14.4 Å². The van der Waals surface area contributed by atoms with Crippen molar-refractivity contribution in [2.24, 2.45) is 0 Å². The van der Waals surface area contributed by atoms with Crippen molar-refractivity contribution in [2.45, 2.75) is 38.1 Å². The Hall–Kier alpha value is -3.58. The molecule has 7 nitrogen and oxygen atoms in total. The maximum atomic E-state index is 12.9. The number of para-hydroxylation sites is 2. The number of ketones is 1. The Balaban J connectivity index is 1.66. The molecule has 0 saturated carbocycles. The summed E-state index contributed by atoms with van der Waals surface area (Å²) < 4.78 is 0. The average molecular weight is 434 g/mol. The summed E-state index contributed by atoms with van der Waals surface area (Å²) in [6.45, 7) is -0.446. The van der Waals surface area contributed by atoms with E-state index in [4.69, 9.17) is 5.11 Å². The van der Waals surface area contributed by atoms with Gasteiger partial charge in [0.1, 0.15) is 12.6 Å². The third-order valence-electron chi connectivity index (χ3n) is 5.14. The van der Waals surface area contributed by atoms with E-state index in [2.05, 4.69) is 15.6 Å². The molecule has 2 amide bonds. The van der Waals surface area contributed by atoms with Crippen molar-refractivity contribution >= 4 is 34.2 Å². The van der Waals surface area contributed by atoms with Crippen molar-refractivity contribution in [2.75, 3.05) is 11.9 Å². The number of fused-ring (bicyclic) bond motifs is 1. The number of amides is 2. The van der Waals surface area contributed by atoms with Gasteiger partial charge in [0.15, 0.2) is 5.78 Å². The molecule has 3 rings (SSSR count). The number of aliphatic hydroxyl groups excluding tert-OH is 1. The minimum atomic E-state index is -0.734. The number of hydrogen-bond acceptors (Lipinski definition) is 5. The largest absolute Gasteiger partial charge is 0.389 e. The Kier molecular flexibility index (Phi) is 8.45. The minimum absolute atomic E-state index is 0.194. The average Bonchev–Trinajstić information content (AvgIpc) is 2.83. The predicted molar refractivity (Wildman–Crippen MR) is 123 cm³/mol. The number of pyridine rings is 1. The lowest BCUT2D eigenvalue weighted by atomic mass is 10.0. The molecule has 1 heterocycles. The van der Waals surface area contributed by atoms with Gasteiger partial charge in [-0.3, -0.25) is 19.4 Å². The van der Waals surface area contributed by atoms with Crippen LogP contribution in [0.3, 0.4) is 0 Å². The number of aromatic nitrogens is 1. The number of carbonyl (C=O) groups is 3. The van der Waals surface area contributed by atoms with Gasteiger partial charge >= 0.3 is 0 Å². The van der Waals surface area contributed by atoms with E-state index in [0.717, 1.165) is 10.9 Å². The summed E-state index contributed by atoms with van der Waals surface area (Å²) in [5.41, 5.74) is 1.83. The molecule has 1 atom stereocenters. The Bertz CT molecular complexity index is 1070. The standard InChI is InChI=1S/C25H27N3O4/c29-17-21(30)12-5-2-6-14-23(25(32)27-20-10-3-1-4-11-20)28-24(31)19-15-18-9-7-8-13-22(18)26-16-19/h1,3-4,7-11,13,15-16,23,29H,2,5-6,12,14,17H2,(H,27,32)(H,28,31)/t23-/m0/s1. The van der Waals surface area contributed by atoms with Crippen LogP contribution in [0.1, 0.15) is 42.5 Å². The molecule has 0 aliphatic rings. The van der Waals surface area contributed by atoms with Crippen molar-refractivity contribution in [1.29, 1.82) is 0 Å². The lowest BCUT2D eigenvalue weighted by Gasteiger charge is -2.19. The number of carbonyl (C=O) groups excluding carboxylic acids is 3. The summed E-state index contributed by atoms with van der Waals surface area (Å²) in [5, 5.41) is 15.3. The first-order valence-electron chi connectivity index (χ1n) is 10.7. The van der Waals surface area contributed by atoms with Crippen molar-refractivity contribution in [3.05, 3.63) is 72.4 Å². The second-order valence-corrected chi connectivity index (χ2v) is 7.59. The van der Waals surface area contributed by atoms with Crippen molar-refractivity contribution in [1.82, 2.24) is 10.3 Å². The fraction of sp³-hybridized carbons (Fsp3) is 0.280. The number of rotatable bonds is 11. The maximum absolute atomic E-state index is 12.9. The van der Waals surface area contributed by atoms with Gasteiger partial charge in [-0.15, -0.1) is 0 Å². The molecule has 2 aromatic carbocycles.